The van der Waals surface area contributed by atoms with Gasteiger partial charge in [0.2, 0.25) is 0 Å². The number of halogens is 3. The number of amides is 2. The maximum atomic E-state index is 12.9. The number of anilines is 2. The summed E-state index contributed by atoms with van der Waals surface area (Å²) < 4.78 is 0. The van der Waals surface area contributed by atoms with Gasteiger partial charge in [-0.1, -0.05) is 46.9 Å². The molecule has 2 heterocycles. The molecule has 6 nitrogen and oxygen atoms in total. The lowest BCUT2D eigenvalue weighted by molar-refractivity contribution is 0.0767. The molecular formula is C24H21Cl3N4O2. The number of carbonyl (C=O) groups excluding carboxylic acids is 2. The first kappa shape index (κ1) is 23.4. The molecule has 3 aromatic rings. The lowest BCUT2D eigenvalue weighted by atomic mass is 10.2. The van der Waals surface area contributed by atoms with Crippen LogP contribution in [0, 0.1) is 0 Å². The molecule has 0 unspecified atom stereocenters. The third kappa shape index (κ3) is 5.58. The van der Waals surface area contributed by atoms with Gasteiger partial charge in [0.15, 0.2) is 0 Å². The van der Waals surface area contributed by atoms with Crippen molar-refractivity contribution in [3.8, 4) is 0 Å². The molecular weight excluding hydrogens is 483 g/mol. The molecule has 0 bridgehead atoms. The molecule has 33 heavy (non-hydrogen) atoms. The van der Waals surface area contributed by atoms with E-state index in [4.69, 9.17) is 34.8 Å². The maximum absolute atomic E-state index is 12.9. The zero-order chi connectivity index (χ0) is 23.4. The van der Waals surface area contributed by atoms with E-state index < -0.39 is 0 Å². The highest BCUT2D eigenvalue weighted by molar-refractivity contribution is 6.36. The van der Waals surface area contributed by atoms with E-state index in [1.54, 1.807) is 59.6 Å². The molecule has 0 aliphatic carbocycles. The second-order valence-corrected chi connectivity index (χ2v) is 8.85. The summed E-state index contributed by atoms with van der Waals surface area (Å²) in [5.41, 5.74) is 1.43. The van der Waals surface area contributed by atoms with Crippen LogP contribution in [0.1, 0.15) is 27.1 Å². The monoisotopic (exact) mass is 502 g/mol. The van der Waals surface area contributed by atoms with Gasteiger partial charge in [0.05, 0.1) is 33.1 Å². The first-order valence-corrected chi connectivity index (χ1v) is 11.6. The number of rotatable bonds is 4. The predicted molar refractivity (Wildman–Crippen MR) is 133 cm³/mol. The Morgan fingerprint density at radius 3 is 2.39 bits per heavy atom. The summed E-state index contributed by atoms with van der Waals surface area (Å²) in [5.74, 6) is 0.383. The van der Waals surface area contributed by atoms with Crippen LogP contribution in [-0.4, -0.2) is 47.9 Å². The van der Waals surface area contributed by atoms with Gasteiger partial charge in [0.1, 0.15) is 5.82 Å². The van der Waals surface area contributed by atoms with Gasteiger partial charge in [-0.25, -0.2) is 4.98 Å². The van der Waals surface area contributed by atoms with Crippen molar-refractivity contribution in [2.45, 2.75) is 6.42 Å². The highest BCUT2D eigenvalue weighted by atomic mass is 35.5. The summed E-state index contributed by atoms with van der Waals surface area (Å²) in [7, 11) is 0. The number of benzene rings is 2. The first-order chi connectivity index (χ1) is 15.9. The maximum Gasteiger partial charge on any atom is 0.257 e. The summed E-state index contributed by atoms with van der Waals surface area (Å²) in [6.07, 6.45) is 2.41. The van der Waals surface area contributed by atoms with Crippen LogP contribution in [-0.2, 0) is 0 Å². The molecule has 1 aliphatic heterocycles. The molecule has 0 spiro atoms. The van der Waals surface area contributed by atoms with E-state index in [9.17, 15) is 9.59 Å². The highest BCUT2D eigenvalue weighted by Crippen LogP contribution is 2.24. The smallest absolute Gasteiger partial charge is 0.257 e. The number of carbonyl (C=O) groups is 2. The SMILES string of the molecule is O=C(Nc1ccc(N2CCCN(C(=O)c3ccc(Cl)cc3Cl)CC2)nc1)c1ccccc1Cl. The molecule has 2 aromatic carbocycles. The molecule has 1 fully saturated rings. The lowest BCUT2D eigenvalue weighted by Gasteiger charge is -2.23. The van der Waals surface area contributed by atoms with Crippen molar-refractivity contribution in [1.29, 1.82) is 0 Å². The summed E-state index contributed by atoms with van der Waals surface area (Å²) >= 11 is 18.3. The van der Waals surface area contributed by atoms with Crippen molar-refractivity contribution in [3.63, 3.8) is 0 Å². The Kier molecular flexibility index (Phi) is 7.38. The Balaban J connectivity index is 1.38. The summed E-state index contributed by atoms with van der Waals surface area (Å²) in [5, 5.41) is 4.05. The number of hydrogen-bond donors (Lipinski definition) is 1. The van der Waals surface area contributed by atoms with E-state index in [2.05, 4.69) is 15.2 Å². The number of pyridine rings is 1. The minimum Gasteiger partial charge on any atom is -0.355 e. The van der Waals surface area contributed by atoms with Gasteiger partial charge < -0.3 is 15.1 Å². The summed E-state index contributed by atoms with van der Waals surface area (Å²) in [6, 6.07) is 15.4. The molecule has 0 atom stereocenters. The van der Waals surface area contributed by atoms with Crippen LogP contribution in [0.2, 0.25) is 15.1 Å². The fourth-order valence-corrected chi connectivity index (χ4v) is 4.38. The number of nitrogens with one attached hydrogen (secondary N) is 1. The van der Waals surface area contributed by atoms with Gasteiger partial charge >= 0.3 is 0 Å². The Morgan fingerprint density at radius 1 is 0.848 bits per heavy atom. The van der Waals surface area contributed by atoms with E-state index in [1.165, 1.54) is 0 Å². The normalized spacial score (nSPS) is 14.0. The van der Waals surface area contributed by atoms with Gasteiger partial charge in [0, 0.05) is 31.2 Å². The molecule has 1 N–H and O–H groups in total. The fraction of sp³-hybridized carbons (Fsp3) is 0.208. The van der Waals surface area contributed by atoms with Crippen LogP contribution in [0.5, 0.6) is 0 Å². The fourth-order valence-electron chi connectivity index (χ4n) is 3.67. The third-order valence-electron chi connectivity index (χ3n) is 5.39. The molecule has 4 rings (SSSR count). The topological polar surface area (TPSA) is 65.5 Å². The van der Waals surface area contributed by atoms with Crippen molar-refractivity contribution in [2.75, 3.05) is 36.4 Å². The van der Waals surface area contributed by atoms with E-state index in [1.807, 2.05) is 6.07 Å². The first-order valence-electron chi connectivity index (χ1n) is 10.4. The van der Waals surface area contributed by atoms with Gasteiger partial charge in [-0.3, -0.25) is 9.59 Å². The zero-order valence-corrected chi connectivity index (χ0v) is 19.9. The summed E-state index contributed by atoms with van der Waals surface area (Å²) in [4.78, 5) is 33.8. The standard InChI is InChI=1S/C24H21Cl3N4O2/c25-16-6-8-19(21(27)14-16)24(33)31-11-3-10-30(12-13-31)22-9-7-17(15-28-22)29-23(32)18-4-1-2-5-20(18)26/h1-2,4-9,14-15H,3,10-13H2,(H,29,32). The van der Waals surface area contributed by atoms with E-state index in [0.717, 1.165) is 18.8 Å². The molecule has 1 saturated heterocycles. The summed E-state index contributed by atoms with van der Waals surface area (Å²) in [6.45, 7) is 2.57. The second kappa shape index (κ2) is 10.4. The molecule has 0 saturated carbocycles. The Labute approximate surface area is 207 Å². The number of hydrogen-bond acceptors (Lipinski definition) is 4. The molecule has 2 amide bonds. The van der Waals surface area contributed by atoms with Crippen molar-refractivity contribution in [1.82, 2.24) is 9.88 Å². The van der Waals surface area contributed by atoms with Crippen LogP contribution in [0.15, 0.2) is 60.8 Å². The predicted octanol–water partition coefficient (Wildman–Crippen LogP) is 5.65. The van der Waals surface area contributed by atoms with Gasteiger partial charge in [-0.05, 0) is 48.9 Å². The highest BCUT2D eigenvalue weighted by Gasteiger charge is 2.22. The van der Waals surface area contributed by atoms with Crippen molar-refractivity contribution in [3.05, 3.63) is 87.0 Å². The Bertz CT molecular complexity index is 1170. The Hall–Kier alpha value is -2.80. The molecule has 1 aliphatic rings. The van der Waals surface area contributed by atoms with Gasteiger partial charge in [-0.15, -0.1) is 0 Å². The van der Waals surface area contributed by atoms with Crippen molar-refractivity contribution in [2.24, 2.45) is 0 Å². The minimum absolute atomic E-state index is 0.107. The number of aromatic nitrogens is 1. The van der Waals surface area contributed by atoms with Gasteiger partial charge in [0.25, 0.3) is 11.8 Å². The largest absolute Gasteiger partial charge is 0.355 e. The quantitative estimate of drug-likeness (QED) is 0.500. The van der Waals surface area contributed by atoms with E-state index in [-0.39, 0.29) is 11.8 Å². The van der Waals surface area contributed by atoms with E-state index in [0.29, 0.717) is 51.5 Å². The van der Waals surface area contributed by atoms with Crippen molar-refractivity contribution < 1.29 is 9.59 Å². The lowest BCUT2D eigenvalue weighted by Crippen LogP contribution is -2.35. The minimum atomic E-state index is -0.292. The molecule has 1 aromatic heterocycles. The average molecular weight is 504 g/mol. The van der Waals surface area contributed by atoms with E-state index >= 15 is 0 Å². The van der Waals surface area contributed by atoms with Crippen molar-refractivity contribution >= 4 is 58.1 Å². The number of nitrogens with zero attached hydrogens (tertiary/aromatic N) is 3. The molecule has 9 heteroatoms. The van der Waals surface area contributed by atoms with Gasteiger partial charge in [-0.2, -0.15) is 0 Å². The van der Waals surface area contributed by atoms with Crippen LogP contribution >= 0.6 is 34.8 Å². The van der Waals surface area contributed by atoms with Crippen LogP contribution < -0.4 is 10.2 Å². The molecule has 170 valence electrons. The van der Waals surface area contributed by atoms with Crippen LogP contribution in [0.4, 0.5) is 11.5 Å². The average Bonchev–Trinajstić information content (AvgIpc) is 3.06. The zero-order valence-electron chi connectivity index (χ0n) is 17.6. The van der Waals surface area contributed by atoms with Crippen LogP contribution in [0.25, 0.3) is 0 Å². The molecule has 0 radical (unpaired) electrons. The van der Waals surface area contributed by atoms with Crippen LogP contribution in [0.3, 0.4) is 0 Å². The second-order valence-electron chi connectivity index (χ2n) is 7.60. The third-order valence-corrected chi connectivity index (χ3v) is 6.27. The Morgan fingerprint density at radius 2 is 1.67 bits per heavy atom.